The van der Waals surface area contributed by atoms with Gasteiger partial charge in [0.05, 0.1) is 6.20 Å². The van der Waals surface area contributed by atoms with E-state index < -0.39 is 5.97 Å². The monoisotopic (exact) mass is 346 g/mol. The summed E-state index contributed by atoms with van der Waals surface area (Å²) in [5, 5.41) is 16.6. The lowest BCUT2D eigenvalue weighted by molar-refractivity contribution is 0.0685. The van der Waals surface area contributed by atoms with Gasteiger partial charge < -0.3 is 9.67 Å². The van der Waals surface area contributed by atoms with Gasteiger partial charge in [0.15, 0.2) is 0 Å². The second-order valence-electron chi connectivity index (χ2n) is 3.56. The largest absolute Gasteiger partial charge is 0.477 e. The Balaban J connectivity index is 1.96. The number of aromatic nitrogens is 4. The molecule has 0 saturated carbocycles. The topological polar surface area (TPSA) is 72.9 Å². The van der Waals surface area contributed by atoms with Crippen LogP contribution in [0.25, 0.3) is 0 Å². The quantitative estimate of drug-likeness (QED) is 0.833. The van der Waals surface area contributed by atoms with Crippen LogP contribution in [0.2, 0.25) is 0 Å². The lowest BCUT2D eigenvalue weighted by Crippen LogP contribution is -2.10. The highest BCUT2D eigenvalue weighted by Gasteiger charge is 2.10. The molecule has 0 aliphatic heterocycles. The van der Waals surface area contributed by atoms with Crippen LogP contribution in [0.3, 0.4) is 0 Å². The fraction of sp³-hybridized carbons (Fsp3) is 0.300. The Hall–Kier alpha value is -1.38. The molecule has 0 fully saturated rings. The fourth-order valence-corrected chi connectivity index (χ4v) is 2.23. The predicted molar refractivity (Wildman–Crippen MR) is 68.7 cm³/mol. The van der Waals surface area contributed by atoms with Crippen LogP contribution >= 0.6 is 22.6 Å². The van der Waals surface area contributed by atoms with Crippen molar-refractivity contribution in [3.8, 4) is 0 Å². The Labute approximate surface area is 111 Å². The SMILES string of the molecule is O=C(O)c1cc(I)cn1CCCn1ccnn1. The van der Waals surface area contributed by atoms with Gasteiger partial charge in [-0.2, -0.15) is 0 Å². The second kappa shape index (κ2) is 5.30. The molecule has 2 aromatic heterocycles. The van der Waals surface area contributed by atoms with Gasteiger partial charge in [-0.25, -0.2) is 4.79 Å². The molecule has 2 aromatic rings. The molecule has 2 rings (SSSR count). The molecule has 0 aromatic carbocycles. The Morgan fingerprint density at radius 1 is 1.47 bits per heavy atom. The Bertz CT molecular complexity index is 506. The number of rotatable bonds is 5. The molecular weight excluding hydrogens is 335 g/mol. The molecule has 1 N–H and O–H groups in total. The molecule has 0 aliphatic carbocycles. The number of carboxylic acid groups (broad SMARTS) is 1. The zero-order valence-corrected chi connectivity index (χ0v) is 11.1. The summed E-state index contributed by atoms with van der Waals surface area (Å²) < 4.78 is 4.41. The van der Waals surface area contributed by atoms with E-state index in [0.29, 0.717) is 12.2 Å². The summed E-state index contributed by atoms with van der Waals surface area (Å²) in [5.41, 5.74) is 0.327. The van der Waals surface area contributed by atoms with Gasteiger partial charge in [-0.05, 0) is 35.1 Å². The van der Waals surface area contributed by atoms with Crippen LogP contribution in [0.4, 0.5) is 0 Å². The Morgan fingerprint density at radius 3 is 2.94 bits per heavy atom. The molecule has 90 valence electrons. The molecule has 0 aliphatic rings. The normalized spacial score (nSPS) is 10.6. The van der Waals surface area contributed by atoms with Crippen molar-refractivity contribution in [2.75, 3.05) is 0 Å². The first-order valence-electron chi connectivity index (χ1n) is 5.10. The third kappa shape index (κ3) is 3.05. The zero-order chi connectivity index (χ0) is 12.3. The van der Waals surface area contributed by atoms with Gasteiger partial charge in [0.25, 0.3) is 0 Å². The van der Waals surface area contributed by atoms with E-state index in [1.807, 2.05) is 6.20 Å². The molecule has 17 heavy (non-hydrogen) atoms. The smallest absolute Gasteiger partial charge is 0.352 e. The maximum atomic E-state index is 11.0. The Kier molecular flexibility index (Phi) is 3.77. The number of aromatic carboxylic acids is 1. The minimum atomic E-state index is -0.895. The van der Waals surface area contributed by atoms with Crippen molar-refractivity contribution in [2.45, 2.75) is 19.5 Å². The number of carbonyl (C=O) groups is 1. The van der Waals surface area contributed by atoms with E-state index in [2.05, 4.69) is 32.9 Å². The molecule has 0 amide bonds. The molecule has 0 atom stereocenters. The second-order valence-corrected chi connectivity index (χ2v) is 4.81. The Morgan fingerprint density at radius 2 is 2.29 bits per heavy atom. The van der Waals surface area contributed by atoms with Crippen molar-refractivity contribution in [3.63, 3.8) is 0 Å². The first-order chi connectivity index (χ1) is 8.16. The van der Waals surface area contributed by atoms with Crippen LogP contribution in [0, 0.1) is 3.57 Å². The van der Waals surface area contributed by atoms with Crippen molar-refractivity contribution in [1.82, 2.24) is 19.6 Å². The molecule has 0 spiro atoms. The van der Waals surface area contributed by atoms with E-state index in [9.17, 15) is 4.79 Å². The minimum absolute atomic E-state index is 0.327. The lowest BCUT2D eigenvalue weighted by atomic mass is 10.4. The summed E-state index contributed by atoms with van der Waals surface area (Å²) in [5.74, 6) is -0.895. The third-order valence-electron chi connectivity index (χ3n) is 2.34. The average Bonchev–Trinajstić information content (AvgIpc) is 2.88. The van der Waals surface area contributed by atoms with Gasteiger partial charge in [0.2, 0.25) is 0 Å². The van der Waals surface area contributed by atoms with Crippen molar-refractivity contribution in [2.24, 2.45) is 0 Å². The summed E-state index contributed by atoms with van der Waals surface area (Å²) in [6.45, 7) is 1.39. The maximum Gasteiger partial charge on any atom is 0.352 e. The zero-order valence-electron chi connectivity index (χ0n) is 8.95. The van der Waals surface area contributed by atoms with E-state index in [0.717, 1.165) is 16.5 Å². The van der Waals surface area contributed by atoms with Crippen molar-refractivity contribution in [3.05, 3.63) is 33.9 Å². The summed E-state index contributed by atoms with van der Waals surface area (Å²) >= 11 is 2.11. The predicted octanol–water partition coefficient (Wildman–Crippen LogP) is 1.47. The van der Waals surface area contributed by atoms with E-state index >= 15 is 0 Å². The van der Waals surface area contributed by atoms with Crippen molar-refractivity contribution in [1.29, 1.82) is 0 Å². The van der Waals surface area contributed by atoms with Crippen LogP contribution in [0.15, 0.2) is 24.7 Å². The van der Waals surface area contributed by atoms with Gasteiger partial charge in [-0.1, -0.05) is 5.21 Å². The summed E-state index contributed by atoms with van der Waals surface area (Å²) in [6, 6.07) is 1.67. The van der Waals surface area contributed by atoms with Gasteiger partial charge in [-0.3, -0.25) is 4.68 Å². The molecule has 0 saturated heterocycles. The highest BCUT2D eigenvalue weighted by Crippen LogP contribution is 2.12. The van der Waals surface area contributed by atoms with E-state index in [1.54, 1.807) is 27.7 Å². The van der Waals surface area contributed by atoms with Gasteiger partial charge in [0.1, 0.15) is 5.69 Å². The maximum absolute atomic E-state index is 11.0. The summed E-state index contributed by atoms with van der Waals surface area (Å²) in [7, 11) is 0. The lowest BCUT2D eigenvalue weighted by Gasteiger charge is -2.05. The van der Waals surface area contributed by atoms with Crippen LogP contribution in [-0.4, -0.2) is 30.6 Å². The number of hydrogen-bond acceptors (Lipinski definition) is 3. The highest BCUT2D eigenvalue weighted by molar-refractivity contribution is 14.1. The molecule has 0 unspecified atom stereocenters. The van der Waals surface area contributed by atoms with Crippen LogP contribution in [-0.2, 0) is 13.1 Å². The van der Waals surface area contributed by atoms with Crippen LogP contribution in [0.5, 0.6) is 0 Å². The van der Waals surface area contributed by atoms with E-state index in [1.165, 1.54) is 0 Å². The van der Waals surface area contributed by atoms with Crippen molar-refractivity contribution >= 4 is 28.6 Å². The molecule has 2 heterocycles. The van der Waals surface area contributed by atoms with Crippen LogP contribution in [0.1, 0.15) is 16.9 Å². The number of hydrogen-bond donors (Lipinski definition) is 1. The molecule has 7 heteroatoms. The van der Waals surface area contributed by atoms with Crippen LogP contribution < -0.4 is 0 Å². The number of nitrogens with zero attached hydrogens (tertiary/aromatic N) is 4. The molecule has 6 nitrogen and oxygen atoms in total. The van der Waals surface area contributed by atoms with Gasteiger partial charge in [0, 0.05) is 29.1 Å². The summed E-state index contributed by atoms with van der Waals surface area (Å²) in [6.07, 6.45) is 6.07. The first kappa shape index (κ1) is 12.1. The number of halogens is 1. The highest BCUT2D eigenvalue weighted by atomic mass is 127. The number of carboxylic acids is 1. The van der Waals surface area contributed by atoms with E-state index in [4.69, 9.17) is 5.11 Å². The summed E-state index contributed by atoms with van der Waals surface area (Å²) in [4.78, 5) is 11.0. The molecular formula is C10H11IN4O2. The van der Waals surface area contributed by atoms with Gasteiger partial charge in [-0.15, -0.1) is 5.10 Å². The van der Waals surface area contributed by atoms with E-state index in [-0.39, 0.29) is 0 Å². The molecule has 0 radical (unpaired) electrons. The standard InChI is InChI=1S/C10H11IN4O2/c11-8-6-9(10(16)17)14(7-8)3-1-4-15-5-2-12-13-15/h2,5-7H,1,3-4H2,(H,16,17). The fourth-order valence-electron chi connectivity index (χ4n) is 1.59. The average molecular weight is 346 g/mol. The first-order valence-corrected chi connectivity index (χ1v) is 6.18. The minimum Gasteiger partial charge on any atom is -0.477 e. The third-order valence-corrected chi connectivity index (χ3v) is 2.93. The molecule has 0 bridgehead atoms. The van der Waals surface area contributed by atoms with Gasteiger partial charge >= 0.3 is 5.97 Å². The number of aryl methyl sites for hydroxylation is 2. The van der Waals surface area contributed by atoms with Crippen molar-refractivity contribution < 1.29 is 9.90 Å².